The highest BCUT2D eigenvalue weighted by atomic mass is 32.2. The number of cyclic esters (lactones) is 1. The number of amides is 2. The summed E-state index contributed by atoms with van der Waals surface area (Å²) in [6.07, 6.45) is 1.45. The SMILES string of the molecule is CC(C)(C)OC(=O)N1CCN(CCCCN2CC(COS(C)(=O)=O)OC2=O)CC1. The highest BCUT2D eigenvalue weighted by Gasteiger charge is 2.32. The van der Waals surface area contributed by atoms with E-state index in [4.69, 9.17) is 13.7 Å². The number of unbranched alkanes of at least 4 members (excludes halogenated alkanes) is 1. The molecular weight excluding hydrogens is 402 g/mol. The van der Waals surface area contributed by atoms with Gasteiger partial charge < -0.3 is 19.3 Å². The number of ether oxygens (including phenoxy) is 2. The largest absolute Gasteiger partial charge is 0.444 e. The summed E-state index contributed by atoms with van der Waals surface area (Å²) >= 11 is 0. The van der Waals surface area contributed by atoms with Crippen molar-refractivity contribution in [3.63, 3.8) is 0 Å². The minimum atomic E-state index is -3.55. The van der Waals surface area contributed by atoms with E-state index in [1.807, 2.05) is 20.8 Å². The van der Waals surface area contributed by atoms with Crippen molar-refractivity contribution in [1.29, 1.82) is 0 Å². The summed E-state index contributed by atoms with van der Waals surface area (Å²) in [4.78, 5) is 29.5. The Morgan fingerprint density at radius 2 is 1.76 bits per heavy atom. The predicted octanol–water partition coefficient (Wildman–Crippen LogP) is 1.12. The van der Waals surface area contributed by atoms with Crippen LogP contribution < -0.4 is 0 Å². The van der Waals surface area contributed by atoms with E-state index in [1.165, 1.54) is 0 Å². The Morgan fingerprint density at radius 1 is 1.14 bits per heavy atom. The molecule has 2 fully saturated rings. The molecule has 2 aliphatic heterocycles. The summed E-state index contributed by atoms with van der Waals surface area (Å²) in [5.41, 5.74) is -0.485. The molecule has 0 aliphatic carbocycles. The van der Waals surface area contributed by atoms with E-state index in [-0.39, 0.29) is 12.7 Å². The maximum absolute atomic E-state index is 12.1. The summed E-state index contributed by atoms with van der Waals surface area (Å²) < 4.78 is 37.3. The Bertz CT molecular complexity index is 669. The molecule has 0 aromatic carbocycles. The molecule has 11 heteroatoms. The van der Waals surface area contributed by atoms with E-state index >= 15 is 0 Å². The highest BCUT2D eigenvalue weighted by Crippen LogP contribution is 2.14. The van der Waals surface area contributed by atoms with E-state index in [1.54, 1.807) is 9.80 Å². The zero-order valence-electron chi connectivity index (χ0n) is 17.8. The van der Waals surface area contributed by atoms with Gasteiger partial charge in [0.05, 0.1) is 12.8 Å². The third-order valence-electron chi connectivity index (χ3n) is 4.59. The normalized spacial score (nSPS) is 21.4. The third kappa shape index (κ3) is 8.75. The molecule has 0 saturated carbocycles. The van der Waals surface area contributed by atoms with Gasteiger partial charge in [-0.15, -0.1) is 0 Å². The number of nitrogens with zero attached hydrogens (tertiary/aromatic N) is 3. The topological polar surface area (TPSA) is 106 Å². The number of carbonyl (C=O) groups is 2. The van der Waals surface area contributed by atoms with Gasteiger partial charge in [-0.1, -0.05) is 0 Å². The molecule has 0 spiro atoms. The number of carbonyl (C=O) groups excluding carboxylic acids is 2. The van der Waals surface area contributed by atoms with Gasteiger partial charge in [0, 0.05) is 32.7 Å². The second-order valence-electron chi connectivity index (χ2n) is 8.46. The van der Waals surface area contributed by atoms with Crippen molar-refractivity contribution in [2.24, 2.45) is 0 Å². The number of rotatable bonds is 8. The van der Waals surface area contributed by atoms with Crippen LogP contribution in [0.25, 0.3) is 0 Å². The number of hydrogen-bond donors (Lipinski definition) is 0. The fourth-order valence-corrected chi connectivity index (χ4v) is 3.56. The summed E-state index contributed by atoms with van der Waals surface area (Å²) in [6, 6.07) is 0. The van der Waals surface area contributed by atoms with E-state index < -0.39 is 27.9 Å². The maximum atomic E-state index is 12.1. The molecule has 0 bridgehead atoms. The third-order valence-corrected chi connectivity index (χ3v) is 5.16. The second kappa shape index (κ2) is 9.94. The number of hydrogen-bond acceptors (Lipinski definition) is 8. The van der Waals surface area contributed by atoms with Gasteiger partial charge in [0.1, 0.15) is 18.3 Å². The first-order valence-electron chi connectivity index (χ1n) is 9.93. The Morgan fingerprint density at radius 3 is 2.34 bits per heavy atom. The lowest BCUT2D eigenvalue weighted by Gasteiger charge is -2.35. The average Bonchev–Trinajstić information content (AvgIpc) is 2.95. The minimum absolute atomic E-state index is 0.150. The standard InChI is InChI=1S/C18H33N3O7S/c1-18(2,3)28-17(23)20-11-9-19(10-12-20)7-5-6-8-21-13-15(27-16(21)22)14-26-29(4,24)25/h15H,5-14H2,1-4H3. The second-order valence-corrected chi connectivity index (χ2v) is 10.1. The van der Waals surface area contributed by atoms with Gasteiger partial charge in [-0.25, -0.2) is 9.59 Å². The quantitative estimate of drug-likeness (QED) is 0.412. The lowest BCUT2D eigenvalue weighted by molar-refractivity contribution is 0.0144. The predicted molar refractivity (Wildman–Crippen MR) is 106 cm³/mol. The van der Waals surface area contributed by atoms with Crippen LogP contribution in [0.15, 0.2) is 0 Å². The first-order valence-corrected chi connectivity index (χ1v) is 11.7. The van der Waals surface area contributed by atoms with E-state index in [2.05, 4.69) is 4.90 Å². The first-order chi connectivity index (χ1) is 13.4. The van der Waals surface area contributed by atoms with Gasteiger partial charge >= 0.3 is 12.2 Å². The molecule has 1 atom stereocenters. The van der Waals surface area contributed by atoms with Crippen molar-refractivity contribution in [3.8, 4) is 0 Å². The molecule has 29 heavy (non-hydrogen) atoms. The smallest absolute Gasteiger partial charge is 0.410 e. The fourth-order valence-electron chi connectivity index (χ4n) is 3.16. The molecule has 168 valence electrons. The van der Waals surface area contributed by atoms with Crippen LogP contribution in [0.2, 0.25) is 0 Å². The van der Waals surface area contributed by atoms with Crippen LogP contribution in [0.3, 0.4) is 0 Å². The molecule has 10 nitrogen and oxygen atoms in total. The molecule has 0 aromatic rings. The van der Waals surface area contributed by atoms with Crippen LogP contribution in [0.4, 0.5) is 9.59 Å². The van der Waals surface area contributed by atoms with Crippen molar-refractivity contribution >= 4 is 22.3 Å². The summed E-state index contributed by atoms with van der Waals surface area (Å²) in [7, 11) is -3.55. The van der Waals surface area contributed by atoms with Crippen LogP contribution >= 0.6 is 0 Å². The molecule has 0 radical (unpaired) electrons. The van der Waals surface area contributed by atoms with Crippen LogP contribution in [0, 0.1) is 0 Å². The lowest BCUT2D eigenvalue weighted by Crippen LogP contribution is -2.50. The van der Waals surface area contributed by atoms with Crippen LogP contribution in [-0.2, 0) is 23.8 Å². The van der Waals surface area contributed by atoms with Gasteiger partial charge in [-0.2, -0.15) is 8.42 Å². The zero-order valence-corrected chi connectivity index (χ0v) is 18.6. The van der Waals surface area contributed by atoms with Crippen molar-refractivity contribution in [3.05, 3.63) is 0 Å². The molecule has 0 N–H and O–H groups in total. The summed E-state index contributed by atoms with van der Waals surface area (Å²) in [5, 5.41) is 0. The molecule has 0 aromatic heterocycles. The van der Waals surface area contributed by atoms with E-state index in [0.29, 0.717) is 26.2 Å². The molecule has 2 heterocycles. The molecule has 1 unspecified atom stereocenters. The maximum Gasteiger partial charge on any atom is 0.410 e. The molecule has 2 saturated heterocycles. The van der Waals surface area contributed by atoms with Crippen molar-refractivity contribution in [2.75, 3.05) is 58.7 Å². The van der Waals surface area contributed by atoms with Crippen LogP contribution in [0.1, 0.15) is 33.6 Å². The Balaban J connectivity index is 1.59. The fraction of sp³-hybridized carbons (Fsp3) is 0.889. The van der Waals surface area contributed by atoms with Crippen molar-refractivity contribution in [2.45, 2.75) is 45.3 Å². The summed E-state index contributed by atoms with van der Waals surface area (Å²) in [5.74, 6) is 0. The minimum Gasteiger partial charge on any atom is -0.444 e. The Labute approximate surface area is 173 Å². The van der Waals surface area contributed by atoms with Crippen LogP contribution in [-0.4, -0.2) is 106 Å². The number of piperazine rings is 1. The lowest BCUT2D eigenvalue weighted by atomic mass is 10.2. The van der Waals surface area contributed by atoms with Gasteiger partial charge in [0.25, 0.3) is 10.1 Å². The Hall–Kier alpha value is -1.59. The highest BCUT2D eigenvalue weighted by molar-refractivity contribution is 7.85. The summed E-state index contributed by atoms with van der Waals surface area (Å²) in [6.45, 7) is 10.1. The van der Waals surface area contributed by atoms with Gasteiger partial charge in [-0.3, -0.25) is 9.08 Å². The van der Waals surface area contributed by atoms with Crippen molar-refractivity contribution < 1.29 is 31.7 Å². The molecule has 2 rings (SSSR count). The first kappa shape index (κ1) is 23.7. The van der Waals surface area contributed by atoms with Crippen molar-refractivity contribution in [1.82, 2.24) is 14.7 Å². The molecular formula is C18H33N3O7S. The monoisotopic (exact) mass is 435 g/mol. The van der Waals surface area contributed by atoms with Crippen LogP contribution in [0.5, 0.6) is 0 Å². The molecule has 2 aliphatic rings. The molecule has 2 amide bonds. The van der Waals surface area contributed by atoms with Gasteiger partial charge in [0.2, 0.25) is 0 Å². The Kier molecular flexibility index (Phi) is 8.12. The van der Waals surface area contributed by atoms with E-state index in [0.717, 1.165) is 38.7 Å². The van der Waals surface area contributed by atoms with Gasteiger partial charge in [0.15, 0.2) is 0 Å². The van der Waals surface area contributed by atoms with E-state index in [9.17, 15) is 18.0 Å². The zero-order chi connectivity index (χ0) is 21.7. The average molecular weight is 436 g/mol. The van der Waals surface area contributed by atoms with Gasteiger partial charge in [-0.05, 0) is 40.2 Å².